The molecule has 1 unspecified atom stereocenters. The molecule has 1 saturated heterocycles. The van der Waals surface area contributed by atoms with E-state index < -0.39 is 11.9 Å². The van der Waals surface area contributed by atoms with Crippen molar-refractivity contribution >= 4 is 5.91 Å². The van der Waals surface area contributed by atoms with Gasteiger partial charge in [-0.15, -0.1) is 0 Å². The summed E-state index contributed by atoms with van der Waals surface area (Å²) in [6, 6.07) is 11.5. The van der Waals surface area contributed by atoms with Crippen LogP contribution in [0.15, 0.2) is 48.7 Å². The SMILES string of the molecule is CN1CCN(C(=O)c2ccc(C(F)(F)F)nc2)C(c2ccccc2)C1. The Kier molecular flexibility index (Phi) is 4.76. The van der Waals surface area contributed by atoms with Crippen LogP contribution >= 0.6 is 0 Å². The Hall–Kier alpha value is -2.41. The summed E-state index contributed by atoms with van der Waals surface area (Å²) in [7, 11) is 1.98. The van der Waals surface area contributed by atoms with E-state index in [1.165, 1.54) is 6.07 Å². The Morgan fingerprint density at radius 2 is 1.84 bits per heavy atom. The molecule has 0 aliphatic carbocycles. The first-order chi connectivity index (χ1) is 11.9. The van der Waals surface area contributed by atoms with Crippen LogP contribution in [-0.4, -0.2) is 47.4 Å². The van der Waals surface area contributed by atoms with Gasteiger partial charge in [0.1, 0.15) is 5.69 Å². The molecule has 2 heterocycles. The number of nitrogens with zero attached hydrogens (tertiary/aromatic N) is 3. The zero-order valence-corrected chi connectivity index (χ0v) is 13.7. The summed E-state index contributed by atoms with van der Waals surface area (Å²) in [6.45, 7) is 1.89. The lowest BCUT2D eigenvalue weighted by atomic mass is 10.0. The Labute approximate surface area is 143 Å². The summed E-state index contributed by atoms with van der Waals surface area (Å²) in [5, 5.41) is 0. The maximum atomic E-state index is 12.8. The van der Waals surface area contributed by atoms with Crippen molar-refractivity contribution in [2.75, 3.05) is 26.7 Å². The number of halogens is 3. The van der Waals surface area contributed by atoms with Gasteiger partial charge in [-0.2, -0.15) is 13.2 Å². The maximum Gasteiger partial charge on any atom is 0.433 e. The van der Waals surface area contributed by atoms with Crippen LogP contribution in [-0.2, 0) is 6.18 Å². The van der Waals surface area contributed by atoms with Gasteiger partial charge >= 0.3 is 6.18 Å². The van der Waals surface area contributed by atoms with Crippen LogP contribution in [0, 0.1) is 0 Å². The highest BCUT2D eigenvalue weighted by Gasteiger charge is 2.34. The Morgan fingerprint density at radius 1 is 1.12 bits per heavy atom. The lowest BCUT2D eigenvalue weighted by molar-refractivity contribution is -0.141. The summed E-state index contributed by atoms with van der Waals surface area (Å²) in [5.74, 6) is -0.303. The Balaban J connectivity index is 1.86. The highest BCUT2D eigenvalue weighted by Crippen LogP contribution is 2.29. The first-order valence-electron chi connectivity index (χ1n) is 7.94. The standard InChI is InChI=1S/C18H18F3N3O/c1-23-9-10-24(15(12-23)13-5-3-2-4-6-13)17(25)14-7-8-16(22-11-14)18(19,20)21/h2-8,11,15H,9-10,12H2,1H3. The maximum absolute atomic E-state index is 12.8. The second kappa shape index (κ2) is 6.84. The summed E-state index contributed by atoms with van der Waals surface area (Å²) >= 11 is 0. The molecular formula is C18H18F3N3O. The first kappa shape index (κ1) is 17.4. The predicted octanol–water partition coefficient (Wildman–Crippen LogP) is 3.23. The second-order valence-electron chi connectivity index (χ2n) is 6.12. The third-order valence-electron chi connectivity index (χ3n) is 4.33. The van der Waals surface area contributed by atoms with Gasteiger partial charge in [-0.05, 0) is 24.7 Å². The first-order valence-corrected chi connectivity index (χ1v) is 7.94. The molecule has 1 aliphatic heterocycles. The van der Waals surface area contributed by atoms with Gasteiger partial charge in [0.15, 0.2) is 0 Å². The van der Waals surface area contributed by atoms with Crippen molar-refractivity contribution < 1.29 is 18.0 Å². The van der Waals surface area contributed by atoms with E-state index in [0.717, 1.165) is 17.8 Å². The van der Waals surface area contributed by atoms with Crippen LogP contribution in [0.2, 0.25) is 0 Å². The van der Waals surface area contributed by atoms with Gasteiger partial charge in [-0.1, -0.05) is 30.3 Å². The predicted molar refractivity (Wildman–Crippen MR) is 87.0 cm³/mol. The van der Waals surface area contributed by atoms with Crippen LogP contribution < -0.4 is 0 Å². The summed E-state index contributed by atoms with van der Waals surface area (Å²) in [5.41, 5.74) is 0.169. The average Bonchev–Trinajstić information content (AvgIpc) is 2.61. The van der Waals surface area contributed by atoms with Gasteiger partial charge in [0, 0.05) is 25.8 Å². The van der Waals surface area contributed by atoms with E-state index in [1.807, 2.05) is 37.4 Å². The minimum Gasteiger partial charge on any atom is -0.329 e. The summed E-state index contributed by atoms with van der Waals surface area (Å²) < 4.78 is 37.9. The van der Waals surface area contributed by atoms with Gasteiger partial charge in [0.2, 0.25) is 0 Å². The molecule has 1 fully saturated rings. The number of pyridine rings is 1. The smallest absolute Gasteiger partial charge is 0.329 e. The molecule has 0 radical (unpaired) electrons. The molecule has 2 aromatic rings. The number of benzene rings is 1. The number of hydrogen-bond donors (Lipinski definition) is 0. The monoisotopic (exact) mass is 349 g/mol. The lowest BCUT2D eigenvalue weighted by Gasteiger charge is -2.40. The molecule has 1 atom stereocenters. The molecule has 3 rings (SSSR count). The molecule has 4 nitrogen and oxygen atoms in total. The number of amides is 1. The van der Waals surface area contributed by atoms with Gasteiger partial charge < -0.3 is 9.80 Å². The van der Waals surface area contributed by atoms with Crippen molar-refractivity contribution in [1.29, 1.82) is 0 Å². The van der Waals surface area contributed by atoms with Gasteiger partial charge in [0.05, 0.1) is 11.6 Å². The number of carbonyl (C=O) groups excluding carboxylic acids is 1. The van der Waals surface area contributed by atoms with E-state index in [0.29, 0.717) is 19.6 Å². The number of piperazine rings is 1. The van der Waals surface area contributed by atoms with Gasteiger partial charge in [-0.25, -0.2) is 0 Å². The number of likely N-dealkylation sites (N-methyl/N-ethyl adjacent to an activating group) is 1. The molecule has 1 aromatic carbocycles. The van der Waals surface area contributed by atoms with Crippen LogP contribution in [0.1, 0.15) is 27.7 Å². The Bertz CT molecular complexity index is 731. The normalized spacial score (nSPS) is 19.0. The summed E-state index contributed by atoms with van der Waals surface area (Å²) in [4.78, 5) is 20.1. The molecule has 7 heteroatoms. The van der Waals surface area contributed by atoms with E-state index in [1.54, 1.807) is 4.90 Å². The van der Waals surface area contributed by atoms with Crippen LogP contribution in [0.5, 0.6) is 0 Å². The molecule has 0 N–H and O–H groups in total. The minimum atomic E-state index is -4.51. The number of hydrogen-bond acceptors (Lipinski definition) is 3. The third kappa shape index (κ3) is 3.82. The fourth-order valence-electron chi connectivity index (χ4n) is 2.98. The lowest BCUT2D eigenvalue weighted by Crippen LogP contribution is -2.49. The van der Waals surface area contributed by atoms with Crippen molar-refractivity contribution in [3.8, 4) is 0 Å². The topological polar surface area (TPSA) is 36.4 Å². The van der Waals surface area contributed by atoms with Crippen molar-refractivity contribution in [2.24, 2.45) is 0 Å². The van der Waals surface area contributed by atoms with Crippen molar-refractivity contribution in [1.82, 2.24) is 14.8 Å². The fraction of sp³-hybridized carbons (Fsp3) is 0.333. The molecular weight excluding hydrogens is 331 g/mol. The second-order valence-corrected chi connectivity index (χ2v) is 6.12. The molecule has 1 aliphatic rings. The highest BCUT2D eigenvalue weighted by atomic mass is 19.4. The van der Waals surface area contributed by atoms with Crippen LogP contribution in [0.3, 0.4) is 0 Å². The molecule has 0 bridgehead atoms. The summed E-state index contributed by atoms with van der Waals surface area (Å²) in [6.07, 6.45) is -3.51. The Morgan fingerprint density at radius 3 is 2.44 bits per heavy atom. The number of aromatic nitrogens is 1. The molecule has 0 spiro atoms. The number of carbonyl (C=O) groups is 1. The van der Waals surface area contributed by atoms with Crippen molar-refractivity contribution in [3.05, 3.63) is 65.5 Å². The molecule has 1 amide bonds. The average molecular weight is 349 g/mol. The van der Waals surface area contributed by atoms with Crippen LogP contribution in [0.4, 0.5) is 13.2 Å². The van der Waals surface area contributed by atoms with Crippen LogP contribution in [0.25, 0.3) is 0 Å². The fourth-order valence-corrected chi connectivity index (χ4v) is 2.98. The van der Waals surface area contributed by atoms with Crippen molar-refractivity contribution in [3.63, 3.8) is 0 Å². The number of rotatable bonds is 2. The largest absolute Gasteiger partial charge is 0.433 e. The highest BCUT2D eigenvalue weighted by molar-refractivity contribution is 5.94. The molecule has 1 aromatic heterocycles. The zero-order valence-electron chi connectivity index (χ0n) is 13.7. The quantitative estimate of drug-likeness (QED) is 0.835. The zero-order chi connectivity index (χ0) is 18.0. The molecule has 25 heavy (non-hydrogen) atoms. The van der Waals surface area contributed by atoms with Gasteiger partial charge in [0.25, 0.3) is 5.91 Å². The van der Waals surface area contributed by atoms with Crippen molar-refractivity contribution in [2.45, 2.75) is 12.2 Å². The molecule has 132 valence electrons. The van der Waals surface area contributed by atoms with E-state index in [-0.39, 0.29) is 17.5 Å². The molecule has 0 saturated carbocycles. The van der Waals surface area contributed by atoms with E-state index in [9.17, 15) is 18.0 Å². The number of alkyl halides is 3. The minimum absolute atomic E-state index is 0.144. The van der Waals surface area contributed by atoms with E-state index in [2.05, 4.69) is 9.88 Å². The van der Waals surface area contributed by atoms with E-state index in [4.69, 9.17) is 0 Å². The van der Waals surface area contributed by atoms with E-state index >= 15 is 0 Å². The van der Waals surface area contributed by atoms with Gasteiger partial charge in [-0.3, -0.25) is 9.78 Å². The third-order valence-corrected chi connectivity index (χ3v) is 4.33.